The lowest BCUT2D eigenvalue weighted by atomic mass is 10.1. The third-order valence-electron chi connectivity index (χ3n) is 2.38. The monoisotopic (exact) mass is 192 g/mol. The van der Waals surface area contributed by atoms with Crippen molar-refractivity contribution in [1.29, 1.82) is 0 Å². The predicted molar refractivity (Wildman–Crippen MR) is 54.5 cm³/mol. The Hall–Kier alpha value is -0.780. The second-order valence-electron chi connectivity index (χ2n) is 3.35. The number of thiophene rings is 1. The molecule has 13 heavy (non-hydrogen) atoms. The summed E-state index contributed by atoms with van der Waals surface area (Å²) in [6.07, 6.45) is 2.90. The normalized spacial score (nSPS) is 26.8. The summed E-state index contributed by atoms with van der Waals surface area (Å²) in [6.45, 7) is 0. The lowest BCUT2D eigenvalue weighted by Gasteiger charge is -2.04. The Kier molecular flexibility index (Phi) is 2.68. The van der Waals surface area contributed by atoms with Crippen molar-refractivity contribution in [1.82, 2.24) is 0 Å². The molecule has 1 aliphatic rings. The van der Waals surface area contributed by atoms with Gasteiger partial charge in [0, 0.05) is 5.92 Å². The number of aliphatic hydroxyl groups is 1. The van der Waals surface area contributed by atoms with E-state index in [0.717, 1.165) is 24.1 Å². The highest BCUT2D eigenvalue weighted by atomic mass is 32.1. The Bertz CT molecular complexity index is 318. The van der Waals surface area contributed by atoms with Crippen LogP contribution in [0, 0.1) is 17.8 Å². The van der Waals surface area contributed by atoms with Gasteiger partial charge in [-0.3, -0.25) is 0 Å². The molecule has 1 aliphatic carbocycles. The molecular weight excluding hydrogens is 180 g/mol. The van der Waals surface area contributed by atoms with E-state index in [-0.39, 0.29) is 12.0 Å². The SMILES string of the molecule is O[C@@H]1CCC[C@H]1C#Cc1cccs1. The second-order valence-corrected chi connectivity index (χ2v) is 4.30. The smallest absolute Gasteiger partial charge is 0.0768 e. The van der Waals surface area contributed by atoms with Gasteiger partial charge in [-0.15, -0.1) is 11.3 Å². The highest BCUT2D eigenvalue weighted by Crippen LogP contribution is 2.24. The molecule has 0 unspecified atom stereocenters. The van der Waals surface area contributed by atoms with Crippen LogP contribution in [0.25, 0.3) is 0 Å². The fourth-order valence-corrected chi connectivity index (χ4v) is 2.20. The Labute approximate surface area is 82.4 Å². The van der Waals surface area contributed by atoms with Crippen molar-refractivity contribution in [2.75, 3.05) is 0 Å². The molecule has 0 aliphatic heterocycles. The van der Waals surface area contributed by atoms with E-state index in [1.54, 1.807) is 11.3 Å². The first-order chi connectivity index (χ1) is 6.36. The quantitative estimate of drug-likeness (QED) is 0.625. The molecule has 1 heterocycles. The number of aliphatic hydroxyl groups excluding tert-OH is 1. The van der Waals surface area contributed by atoms with Crippen LogP contribution in [0.5, 0.6) is 0 Å². The molecular formula is C11H12OS. The summed E-state index contributed by atoms with van der Waals surface area (Å²) in [5.41, 5.74) is 0. The van der Waals surface area contributed by atoms with Gasteiger partial charge in [0.25, 0.3) is 0 Å². The zero-order valence-corrected chi connectivity index (χ0v) is 8.18. The molecule has 68 valence electrons. The van der Waals surface area contributed by atoms with Gasteiger partial charge in [0.2, 0.25) is 0 Å². The molecule has 1 saturated carbocycles. The van der Waals surface area contributed by atoms with Gasteiger partial charge in [0.15, 0.2) is 0 Å². The summed E-state index contributed by atoms with van der Waals surface area (Å²) in [5.74, 6) is 6.46. The summed E-state index contributed by atoms with van der Waals surface area (Å²) in [5, 5.41) is 11.5. The van der Waals surface area contributed by atoms with E-state index in [4.69, 9.17) is 0 Å². The molecule has 0 radical (unpaired) electrons. The first-order valence-electron chi connectivity index (χ1n) is 4.59. The van der Waals surface area contributed by atoms with Crippen LogP contribution in [0.1, 0.15) is 24.1 Å². The van der Waals surface area contributed by atoms with E-state index in [0.29, 0.717) is 0 Å². The lowest BCUT2D eigenvalue weighted by Crippen LogP contribution is -2.10. The number of rotatable bonds is 0. The van der Waals surface area contributed by atoms with E-state index < -0.39 is 0 Å². The van der Waals surface area contributed by atoms with Gasteiger partial charge in [-0.1, -0.05) is 17.9 Å². The molecule has 1 N–H and O–H groups in total. The van der Waals surface area contributed by atoms with Crippen molar-refractivity contribution in [3.8, 4) is 11.8 Å². The largest absolute Gasteiger partial charge is 0.392 e. The van der Waals surface area contributed by atoms with Gasteiger partial charge in [-0.05, 0) is 30.7 Å². The van der Waals surface area contributed by atoms with Gasteiger partial charge in [-0.2, -0.15) is 0 Å². The first-order valence-corrected chi connectivity index (χ1v) is 5.47. The number of hydrogen-bond acceptors (Lipinski definition) is 2. The number of hydrogen-bond donors (Lipinski definition) is 1. The van der Waals surface area contributed by atoms with E-state index in [9.17, 15) is 5.11 Å². The Morgan fingerprint density at radius 3 is 3.00 bits per heavy atom. The van der Waals surface area contributed by atoms with Crippen LogP contribution in [-0.4, -0.2) is 11.2 Å². The van der Waals surface area contributed by atoms with E-state index in [1.807, 2.05) is 17.5 Å². The molecule has 2 atom stereocenters. The van der Waals surface area contributed by atoms with Crippen LogP contribution in [0.15, 0.2) is 17.5 Å². The molecule has 2 rings (SSSR count). The fourth-order valence-electron chi connectivity index (χ4n) is 1.62. The van der Waals surface area contributed by atoms with Gasteiger partial charge >= 0.3 is 0 Å². The standard InChI is InChI=1S/C11H12OS/c12-11-5-1-3-9(11)6-7-10-4-2-8-13-10/h2,4,8-9,11-12H,1,3,5H2/t9-,11+/m0/s1. The van der Waals surface area contributed by atoms with Crippen LogP contribution in [0.3, 0.4) is 0 Å². The average molecular weight is 192 g/mol. The van der Waals surface area contributed by atoms with Crippen molar-refractivity contribution < 1.29 is 5.11 Å². The van der Waals surface area contributed by atoms with Crippen molar-refractivity contribution >= 4 is 11.3 Å². The molecule has 0 aromatic carbocycles. The van der Waals surface area contributed by atoms with E-state index in [2.05, 4.69) is 11.8 Å². The van der Waals surface area contributed by atoms with Gasteiger partial charge < -0.3 is 5.11 Å². The minimum Gasteiger partial charge on any atom is -0.392 e. The van der Waals surface area contributed by atoms with Gasteiger partial charge in [0.05, 0.1) is 11.0 Å². The molecule has 0 spiro atoms. The maximum Gasteiger partial charge on any atom is 0.0768 e. The molecule has 1 fully saturated rings. The topological polar surface area (TPSA) is 20.2 Å². The summed E-state index contributed by atoms with van der Waals surface area (Å²) in [4.78, 5) is 1.10. The minimum absolute atomic E-state index is 0.188. The maximum absolute atomic E-state index is 9.52. The Morgan fingerprint density at radius 1 is 1.46 bits per heavy atom. The Morgan fingerprint density at radius 2 is 2.38 bits per heavy atom. The fraction of sp³-hybridized carbons (Fsp3) is 0.455. The summed E-state index contributed by atoms with van der Waals surface area (Å²) in [7, 11) is 0. The highest BCUT2D eigenvalue weighted by molar-refractivity contribution is 7.10. The van der Waals surface area contributed by atoms with E-state index in [1.165, 1.54) is 0 Å². The molecule has 0 saturated heterocycles. The van der Waals surface area contributed by atoms with Gasteiger partial charge in [0.1, 0.15) is 0 Å². The lowest BCUT2D eigenvalue weighted by molar-refractivity contribution is 0.157. The minimum atomic E-state index is -0.188. The summed E-state index contributed by atoms with van der Waals surface area (Å²) in [6, 6.07) is 4.01. The van der Waals surface area contributed by atoms with Crippen molar-refractivity contribution in [2.24, 2.45) is 5.92 Å². The average Bonchev–Trinajstić information content (AvgIpc) is 2.72. The molecule has 1 nitrogen and oxygen atoms in total. The zero-order valence-electron chi connectivity index (χ0n) is 7.36. The van der Waals surface area contributed by atoms with Crippen LogP contribution in [0.2, 0.25) is 0 Å². The zero-order chi connectivity index (χ0) is 9.10. The second kappa shape index (κ2) is 3.95. The maximum atomic E-state index is 9.52. The summed E-state index contributed by atoms with van der Waals surface area (Å²) >= 11 is 1.65. The highest BCUT2D eigenvalue weighted by Gasteiger charge is 2.22. The third-order valence-corrected chi connectivity index (χ3v) is 3.17. The van der Waals surface area contributed by atoms with Crippen LogP contribution < -0.4 is 0 Å². The van der Waals surface area contributed by atoms with Gasteiger partial charge in [-0.25, -0.2) is 0 Å². The molecule has 0 amide bonds. The van der Waals surface area contributed by atoms with Crippen LogP contribution >= 0.6 is 11.3 Å². The first kappa shape index (κ1) is 8.80. The third kappa shape index (κ3) is 2.12. The molecule has 0 bridgehead atoms. The molecule has 2 heteroatoms. The van der Waals surface area contributed by atoms with Crippen molar-refractivity contribution in [3.05, 3.63) is 22.4 Å². The van der Waals surface area contributed by atoms with Crippen molar-refractivity contribution in [2.45, 2.75) is 25.4 Å². The predicted octanol–water partition coefficient (Wildman–Crippen LogP) is 2.26. The van der Waals surface area contributed by atoms with Crippen LogP contribution in [-0.2, 0) is 0 Å². The molecule has 1 aromatic rings. The van der Waals surface area contributed by atoms with Crippen molar-refractivity contribution in [3.63, 3.8) is 0 Å². The molecule has 1 aromatic heterocycles. The summed E-state index contributed by atoms with van der Waals surface area (Å²) < 4.78 is 0. The Balaban J connectivity index is 2.04. The van der Waals surface area contributed by atoms with E-state index >= 15 is 0 Å². The van der Waals surface area contributed by atoms with Crippen LogP contribution in [0.4, 0.5) is 0 Å².